The number of hydrogen-bond acceptors (Lipinski definition) is 2. The zero-order chi connectivity index (χ0) is 10.0. The van der Waals surface area contributed by atoms with Crippen molar-refractivity contribution in [3.8, 4) is 0 Å². The maximum atomic E-state index is 10.8. The lowest BCUT2D eigenvalue weighted by atomic mass is 10.1. The number of aryl methyl sites for hydroxylation is 1. The highest BCUT2D eigenvalue weighted by molar-refractivity contribution is 6.69. The predicted molar refractivity (Wildman–Crippen MR) is 51.5 cm³/mol. The first-order valence-electron chi connectivity index (χ1n) is 3.52. The molecular weight excluding hydrogens is 211 g/mol. The van der Waals surface area contributed by atoms with Gasteiger partial charge in [0.2, 0.25) is 0 Å². The molecule has 0 atom stereocenters. The molecule has 1 rings (SSSR count). The molecule has 1 aromatic carbocycles. The maximum Gasteiger partial charge on any atom is 0.252 e. The molecule has 0 aliphatic rings. The van der Waals surface area contributed by atoms with Crippen LogP contribution in [0.5, 0.6) is 0 Å². The highest BCUT2D eigenvalue weighted by Crippen LogP contribution is 2.13. The Morgan fingerprint density at radius 3 is 1.69 bits per heavy atom. The molecule has 1 aromatic rings. The lowest BCUT2D eigenvalue weighted by Crippen LogP contribution is -1.96. The fourth-order valence-corrected chi connectivity index (χ4v) is 1.23. The molecule has 0 aliphatic heterocycles. The van der Waals surface area contributed by atoms with E-state index in [1.807, 2.05) is 0 Å². The summed E-state index contributed by atoms with van der Waals surface area (Å²) in [6.07, 6.45) is 0. The van der Waals surface area contributed by atoms with E-state index in [1.165, 1.54) is 6.07 Å². The minimum Gasteiger partial charge on any atom is -0.276 e. The van der Waals surface area contributed by atoms with Crippen molar-refractivity contribution in [2.75, 3.05) is 0 Å². The van der Waals surface area contributed by atoms with Gasteiger partial charge in [-0.05, 0) is 53.9 Å². The quantitative estimate of drug-likeness (QED) is 0.713. The molecule has 2 nitrogen and oxygen atoms in total. The highest BCUT2D eigenvalue weighted by atomic mass is 35.5. The Morgan fingerprint density at radius 2 is 1.38 bits per heavy atom. The van der Waals surface area contributed by atoms with Gasteiger partial charge in [-0.25, -0.2) is 0 Å². The van der Waals surface area contributed by atoms with Gasteiger partial charge in [0.15, 0.2) is 0 Å². The van der Waals surface area contributed by atoms with Crippen molar-refractivity contribution >= 4 is 33.7 Å². The van der Waals surface area contributed by atoms with Crippen LogP contribution in [0.2, 0.25) is 0 Å². The van der Waals surface area contributed by atoms with Gasteiger partial charge in [0.25, 0.3) is 10.5 Å². The molecule has 0 aliphatic carbocycles. The Kier molecular flexibility index (Phi) is 3.07. The number of rotatable bonds is 2. The summed E-state index contributed by atoms with van der Waals surface area (Å²) in [4.78, 5) is 21.6. The standard InChI is InChI=1S/C9H6Cl2O2/c1-5-2-6(8(10)12)4-7(3-5)9(11)13/h2-4H,1H3. The minimum absolute atomic E-state index is 0.283. The van der Waals surface area contributed by atoms with E-state index in [0.717, 1.165) is 5.56 Å². The third-order valence-electron chi connectivity index (χ3n) is 1.53. The molecular formula is C9H6Cl2O2. The van der Waals surface area contributed by atoms with Crippen LogP contribution >= 0.6 is 23.2 Å². The summed E-state index contributed by atoms with van der Waals surface area (Å²) >= 11 is 10.5. The molecule has 0 fully saturated rings. The van der Waals surface area contributed by atoms with Crippen LogP contribution in [-0.4, -0.2) is 10.5 Å². The maximum absolute atomic E-state index is 10.8. The molecule has 0 spiro atoms. The SMILES string of the molecule is Cc1cc(C(=O)Cl)cc(C(=O)Cl)c1. The van der Waals surface area contributed by atoms with E-state index in [9.17, 15) is 9.59 Å². The first kappa shape index (κ1) is 10.2. The van der Waals surface area contributed by atoms with Gasteiger partial charge in [-0.3, -0.25) is 9.59 Å². The van der Waals surface area contributed by atoms with Crippen LogP contribution in [0.3, 0.4) is 0 Å². The van der Waals surface area contributed by atoms with Crippen LogP contribution in [0.25, 0.3) is 0 Å². The third-order valence-corrected chi connectivity index (χ3v) is 1.97. The predicted octanol–water partition coefficient (Wildman–Crippen LogP) is 2.75. The average molecular weight is 217 g/mol. The molecule has 0 radical (unpaired) electrons. The number of benzene rings is 1. The van der Waals surface area contributed by atoms with Gasteiger partial charge in [-0.2, -0.15) is 0 Å². The normalized spacial score (nSPS) is 9.77. The molecule has 0 saturated carbocycles. The van der Waals surface area contributed by atoms with Gasteiger partial charge >= 0.3 is 0 Å². The molecule has 0 heterocycles. The fraction of sp³-hybridized carbons (Fsp3) is 0.111. The summed E-state index contributed by atoms with van der Waals surface area (Å²) in [5.74, 6) is 0. The first-order chi connectivity index (χ1) is 6.00. The Balaban J connectivity index is 3.26. The van der Waals surface area contributed by atoms with E-state index in [-0.39, 0.29) is 11.1 Å². The second-order valence-electron chi connectivity index (χ2n) is 2.64. The zero-order valence-corrected chi connectivity index (χ0v) is 8.32. The van der Waals surface area contributed by atoms with Crippen molar-refractivity contribution in [3.63, 3.8) is 0 Å². The minimum atomic E-state index is -0.595. The van der Waals surface area contributed by atoms with Crippen LogP contribution < -0.4 is 0 Å². The van der Waals surface area contributed by atoms with E-state index in [4.69, 9.17) is 23.2 Å². The van der Waals surface area contributed by atoms with Crippen LogP contribution in [0, 0.1) is 6.92 Å². The van der Waals surface area contributed by atoms with E-state index in [0.29, 0.717) is 0 Å². The molecule has 0 amide bonds. The lowest BCUT2D eigenvalue weighted by Gasteiger charge is -1.99. The lowest BCUT2D eigenvalue weighted by molar-refractivity contribution is 0.108. The van der Waals surface area contributed by atoms with E-state index < -0.39 is 10.5 Å². The van der Waals surface area contributed by atoms with Crippen molar-refractivity contribution in [1.82, 2.24) is 0 Å². The number of halogens is 2. The van der Waals surface area contributed by atoms with E-state index in [1.54, 1.807) is 19.1 Å². The average Bonchev–Trinajstić information content (AvgIpc) is 2.03. The fourth-order valence-electron chi connectivity index (χ4n) is 1.01. The van der Waals surface area contributed by atoms with Gasteiger partial charge in [0.05, 0.1) is 0 Å². The third kappa shape index (κ3) is 2.54. The molecule has 68 valence electrons. The van der Waals surface area contributed by atoms with Gasteiger partial charge < -0.3 is 0 Å². The molecule has 0 bridgehead atoms. The molecule has 4 heteroatoms. The Labute approximate surface area is 85.5 Å². The Hall–Kier alpha value is -0.860. The summed E-state index contributed by atoms with van der Waals surface area (Å²) in [7, 11) is 0. The van der Waals surface area contributed by atoms with Crippen molar-refractivity contribution in [1.29, 1.82) is 0 Å². The van der Waals surface area contributed by atoms with Gasteiger partial charge in [-0.15, -0.1) is 0 Å². The van der Waals surface area contributed by atoms with Crippen LogP contribution in [-0.2, 0) is 0 Å². The first-order valence-corrected chi connectivity index (χ1v) is 4.27. The summed E-state index contributed by atoms with van der Waals surface area (Å²) < 4.78 is 0. The van der Waals surface area contributed by atoms with Crippen LogP contribution in [0.1, 0.15) is 26.3 Å². The smallest absolute Gasteiger partial charge is 0.252 e. The molecule has 13 heavy (non-hydrogen) atoms. The summed E-state index contributed by atoms with van der Waals surface area (Å²) in [6.45, 7) is 1.76. The van der Waals surface area contributed by atoms with Crippen molar-refractivity contribution in [3.05, 3.63) is 34.9 Å². The Bertz CT molecular complexity index is 340. The molecule has 0 unspecified atom stereocenters. The largest absolute Gasteiger partial charge is 0.276 e. The Morgan fingerprint density at radius 1 is 1.00 bits per heavy atom. The van der Waals surface area contributed by atoms with Crippen molar-refractivity contribution in [2.24, 2.45) is 0 Å². The summed E-state index contributed by atoms with van der Waals surface area (Å²) in [5, 5.41) is -1.19. The number of carbonyl (C=O) groups excluding carboxylic acids is 2. The van der Waals surface area contributed by atoms with Crippen LogP contribution in [0.15, 0.2) is 18.2 Å². The molecule has 0 aromatic heterocycles. The monoisotopic (exact) mass is 216 g/mol. The number of carbonyl (C=O) groups is 2. The van der Waals surface area contributed by atoms with Gasteiger partial charge in [0.1, 0.15) is 0 Å². The molecule has 0 N–H and O–H groups in total. The van der Waals surface area contributed by atoms with E-state index >= 15 is 0 Å². The van der Waals surface area contributed by atoms with Crippen molar-refractivity contribution in [2.45, 2.75) is 6.92 Å². The topological polar surface area (TPSA) is 34.1 Å². The summed E-state index contributed by atoms with van der Waals surface area (Å²) in [5.41, 5.74) is 1.34. The number of hydrogen-bond donors (Lipinski definition) is 0. The van der Waals surface area contributed by atoms with Gasteiger partial charge in [0, 0.05) is 11.1 Å². The zero-order valence-electron chi connectivity index (χ0n) is 6.80. The molecule has 0 saturated heterocycles. The second-order valence-corrected chi connectivity index (χ2v) is 3.32. The van der Waals surface area contributed by atoms with Gasteiger partial charge in [-0.1, -0.05) is 0 Å². The highest BCUT2D eigenvalue weighted by Gasteiger charge is 2.08. The van der Waals surface area contributed by atoms with E-state index in [2.05, 4.69) is 0 Å². The second kappa shape index (κ2) is 3.90. The summed E-state index contributed by atoms with van der Waals surface area (Å²) in [6, 6.07) is 4.56. The van der Waals surface area contributed by atoms with Crippen molar-refractivity contribution < 1.29 is 9.59 Å². The van der Waals surface area contributed by atoms with Crippen LogP contribution in [0.4, 0.5) is 0 Å².